The number of aryl methyl sites for hydroxylation is 1. The molecule has 3 N–H and O–H groups in total. The van der Waals surface area contributed by atoms with E-state index < -0.39 is 6.03 Å². The number of rotatable bonds is 3. The Hall–Kier alpha value is -3.41. The zero-order valence-electron chi connectivity index (χ0n) is 17.1. The van der Waals surface area contributed by atoms with Crippen LogP contribution in [0.1, 0.15) is 6.92 Å². The summed E-state index contributed by atoms with van der Waals surface area (Å²) in [6.45, 7) is 2.97. The van der Waals surface area contributed by atoms with E-state index >= 15 is 0 Å². The van der Waals surface area contributed by atoms with Gasteiger partial charge in [0.25, 0.3) is 0 Å². The number of nitrogens with zero attached hydrogens (tertiary/aromatic N) is 1. The van der Waals surface area contributed by atoms with Crippen LogP contribution in [0.4, 0.5) is 16.2 Å². The molecule has 1 heterocycles. The third-order valence-corrected chi connectivity index (χ3v) is 6.22. The average Bonchev–Trinajstić information content (AvgIpc) is 3.09. The van der Waals surface area contributed by atoms with Crippen LogP contribution in [0.25, 0.3) is 32.6 Å². The molecule has 0 unspecified atom stereocenters. The molecular weight excluding hydrogens is 445 g/mol. The Morgan fingerprint density at radius 3 is 2.44 bits per heavy atom. The predicted molar refractivity (Wildman–Crippen MR) is 133 cm³/mol. The Bertz CT molecular complexity index is 1530. The number of carbonyl (C=O) groups is 1. The van der Waals surface area contributed by atoms with E-state index in [0.717, 1.165) is 28.4 Å². The highest BCUT2D eigenvalue weighted by atomic mass is 35.5. The lowest BCUT2D eigenvalue weighted by Gasteiger charge is -2.13. The number of carbonyl (C=O) groups excluding carboxylic acids is 1. The molecule has 5 nitrogen and oxygen atoms in total. The summed E-state index contributed by atoms with van der Waals surface area (Å²) in [7, 11) is 0. The van der Waals surface area contributed by atoms with Crippen molar-refractivity contribution in [2.75, 3.05) is 10.6 Å². The maximum absolute atomic E-state index is 12.8. The predicted octanol–water partition coefficient (Wildman–Crippen LogP) is 7.62. The molecule has 5 aromatic rings. The van der Waals surface area contributed by atoms with Crippen molar-refractivity contribution in [3.63, 3.8) is 0 Å². The van der Waals surface area contributed by atoms with Crippen LogP contribution in [0.2, 0.25) is 10.0 Å². The van der Waals surface area contributed by atoms with Crippen LogP contribution in [-0.4, -0.2) is 15.7 Å². The van der Waals surface area contributed by atoms with E-state index in [-0.39, 0.29) is 10.8 Å². The number of nitrogens with one attached hydrogen (secondary N) is 2. The van der Waals surface area contributed by atoms with Crippen LogP contribution in [0, 0.1) is 0 Å². The summed E-state index contributed by atoms with van der Waals surface area (Å²) in [5.41, 5.74) is 3.31. The Morgan fingerprint density at radius 1 is 0.844 bits per heavy atom. The Labute approximate surface area is 194 Å². The molecule has 4 aromatic carbocycles. The number of hydrogen-bond donors (Lipinski definition) is 3. The second-order valence-electron chi connectivity index (χ2n) is 7.52. The summed E-state index contributed by atoms with van der Waals surface area (Å²) in [5, 5.41) is 19.7. The number of halogens is 2. The summed E-state index contributed by atoms with van der Waals surface area (Å²) in [6.07, 6.45) is 0. The van der Waals surface area contributed by atoms with Gasteiger partial charge in [-0.05, 0) is 55.5 Å². The molecule has 0 aliphatic rings. The molecule has 0 saturated heterocycles. The van der Waals surface area contributed by atoms with Crippen molar-refractivity contribution in [1.29, 1.82) is 0 Å². The smallest absolute Gasteiger partial charge is 0.323 e. The van der Waals surface area contributed by atoms with Crippen molar-refractivity contribution in [1.82, 2.24) is 4.57 Å². The topological polar surface area (TPSA) is 66.3 Å². The van der Waals surface area contributed by atoms with Crippen molar-refractivity contribution in [2.45, 2.75) is 13.5 Å². The van der Waals surface area contributed by atoms with Crippen molar-refractivity contribution in [3.05, 3.63) is 76.8 Å². The largest absolute Gasteiger partial charge is 0.508 e. The van der Waals surface area contributed by atoms with Gasteiger partial charge in [-0.3, -0.25) is 0 Å². The summed E-state index contributed by atoms with van der Waals surface area (Å²) in [4.78, 5) is 12.8. The second kappa shape index (κ2) is 7.93. The molecule has 0 saturated carbocycles. The molecule has 2 amide bonds. The van der Waals surface area contributed by atoms with E-state index in [4.69, 9.17) is 23.2 Å². The van der Waals surface area contributed by atoms with Crippen LogP contribution >= 0.6 is 23.2 Å². The fourth-order valence-electron chi connectivity index (χ4n) is 4.21. The number of benzene rings is 4. The third-order valence-electron chi connectivity index (χ3n) is 5.61. The van der Waals surface area contributed by atoms with Gasteiger partial charge in [0.05, 0.1) is 15.7 Å². The molecule has 0 atom stereocenters. The van der Waals surface area contributed by atoms with Crippen LogP contribution in [0.15, 0.2) is 66.7 Å². The number of anilines is 2. The fourth-order valence-corrected chi connectivity index (χ4v) is 4.80. The van der Waals surface area contributed by atoms with E-state index in [1.54, 1.807) is 12.1 Å². The fraction of sp³-hybridized carbons (Fsp3) is 0.0800. The number of phenolic OH excluding ortho intramolecular Hbond substituents is 1. The van der Waals surface area contributed by atoms with Crippen LogP contribution in [0.5, 0.6) is 5.75 Å². The molecular formula is C25H19Cl2N3O2. The zero-order chi connectivity index (χ0) is 22.4. The summed E-state index contributed by atoms with van der Waals surface area (Å²) >= 11 is 12.6. The van der Waals surface area contributed by atoms with Gasteiger partial charge >= 0.3 is 6.03 Å². The molecule has 0 spiro atoms. The van der Waals surface area contributed by atoms with E-state index in [1.165, 1.54) is 12.1 Å². The van der Waals surface area contributed by atoms with Gasteiger partial charge in [0, 0.05) is 44.8 Å². The Morgan fingerprint density at radius 2 is 1.62 bits per heavy atom. The van der Waals surface area contributed by atoms with Crippen LogP contribution < -0.4 is 10.6 Å². The molecule has 0 bridgehead atoms. The SMILES string of the molecule is CCn1c2ccccc2c2cc(NC(=O)Nc3c(Cl)cc(Cl)c4ccc(O)cc34)ccc21. The molecule has 160 valence electrons. The van der Waals surface area contributed by atoms with E-state index in [9.17, 15) is 9.90 Å². The number of para-hydroxylation sites is 1. The highest BCUT2D eigenvalue weighted by Crippen LogP contribution is 2.38. The minimum absolute atomic E-state index is 0.0528. The second-order valence-corrected chi connectivity index (χ2v) is 8.33. The van der Waals surface area contributed by atoms with Gasteiger partial charge in [0.1, 0.15) is 5.75 Å². The Kier molecular flexibility index (Phi) is 5.08. The molecule has 5 rings (SSSR count). The van der Waals surface area contributed by atoms with Gasteiger partial charge in [-0.1, -0.05) is 41.4 Å². The lowest BCUT2D eigenvalue weighted by molar-refractivity contribution is 0.262. The van der Waals surface area contributed by atoms with E-state index in [2.05, 4.69) is 34.3 Å². The summed E-state index contributed by atoms with van der Waals surface area (Å²) < 4.78 is 2.25. The van der Waals surface area contributed by atoms with Gasteiger partial charge in [-0.25, -0.2) is 4.79 Å². The highest BCUT2D eigenvalue weighted by Gasteiger charge is 2.15. The first kappa shape index (κ1) is 20.5. The van der Waals surface area contributed by atoms with Crippen LogP contribution in [0.3, 0.4) is 0 Å². The molecule has 0 fully saturated rings. The van der Waals surface area contributed by atoms with Gasteiger partial charge in [0.2, 0.25) is 0 Å². The number of hydrogen-bond acceptors (Lipinski definition) is 2. The van der Waals surface area contributed by atoms with Gasteiger partial charge < -0.3 is 20.3 Å². The third kappa shape index (κ3) is 3.40. The quantitative estimate of drug-likeness (QED) is 0.257. The first-order chi connectivity index (χ1) is 15.5. The van der Waals surface area contributed by atoms with E-state index in [1.807, 2.05) is 30.3 Å². The first-order valence-corrected chi connectivity index (χ1v) is 10.9. The number of fused-ring (bicyclic) bond motifs is 4. The number of phenols is 1. The molecule has 32 heavy (non-hydrogen) atoms. The monoisotopic (exact) mass is 463 g/mol. The molecule has 0 radical (unpaired) electrons. The first-order valence-electron chi connectivity index (χ1n) is 10.2. The number of aromatic nitrogens is 1. The minimum atomic E-state index is -0.447. The average molecular weight is 464 g/mol. The van der Waals surface area contributed by atoms with Gasteiger partial charge in [-0.2, -0.15) is 0 Å². The van der Waals surface area contributed by atoms with Crippen LogP contribution in [-0.2, 0) is 6.54 Å². The molecule has 7 heteroatoms. The molecule has 0 aliphatic heterocycles. The lowest BCUT2D eigenvalue weighted by atomic mass is 10.1. The van der Waals surface area contributed by atoms with Crippen molar-refractivity contribution in [3.8, 4) is 5.75 Å². The highest BCUT2D eigenvalue weighted by molar-refractivity contribution is 6.41. The summed E-state index contributed by atoms with van der Waals surface area (Å²) in [6, 6.07) is 19.9. The lowest BCUT2D eigenvalue weighted by Crippen LogP contribution is -2.19. The number of urea groups is 1. The molecule has 0 aliphatic carbocycles. The van der Waals surface area contributed by atoms with Crippen molar-refractivity contribution in [2.24, 2.45) is 0 Å². The summed E-state index contributed by atoms with van der Waals surface area (Å²) in [5.74, 6) is 0.0528. The van der Waals surface area contributed by atoms with Crippen molar-refractivity contribution >= 4 is 73.2 Å². The molecule has 1 aromatic heterocycles. The normalized spacial score (nSPS) is 11.3. The van der Waals surface area contributed by atoms with Gasteiger partial charge in [0.15, 0.2) is 0 Å². The Balaban J connectivity index is 1.50. The van der Waals surface area contributed by atoms with Crippen molar-refractivity contribution < 1.29 is 9.90 Å². The van der Waals surface area contributed by atoms with E-state index in [0.29, 0.717) is 27.2 Å². The zero-order valence-corrected chi connectivity index (χ0v) is 18.6. The number of aromatic hydroxyl groups is 1. The minimum Gasteiger partial charge on any atom is -0.508 e. The van der Waals surface area contributed by atoms with Gasteiger partial charge in [-0.15, -0.1) is 0 Å². The number of amides is 2. The maximum atomic E-state index is 12.8. The standard InChI is InChI=1S/C25H19Cl2N3O2/c1-2-30-22-6-4-3-5-17(22)18-11-14(7-10-23(18)30)28-25(32)29-24-19-12-15(31)8-9-16(19)20(26)13-21(24)27/h3-13,31H,2H2,1H3,(H2,28,29,32). The maximum Gasteiger partial charge on any atom is 0.323 e.